The van der Waals surface area contributed by atoms with E-state index in [-0.39, 0.29) is 18.3 Å². The SMILES string of the molecule is NCc1ccccc1C(=O)NC(c1ccncc1)c1ccc(F)cc1. The summed E-state index contributed by atoms with van der Waals surface area (Å²) in [5.74, 6) is -0.552. The highest BCUT2D eigenvalue weighted by Gasteiger charge is 2.19. The molecule has 0 saturated carbocycles. The van der Waals surface area contributed by atoms with Crippen LogP contribution in [-0.4, -0.2) is 10.9 Å². The number of hydrogen-bond acceptors (Lipinski definition) is 3. The zero-order valence-corrected chi connectivity index (χ0v) is 13.5. The number of aromatic nitrogens is 1. The third-order valence-electron chi connectivity index (χ3n) is 4.00. The molecular formula is C20H18FN3O. The summed E-state index contributed by atoms with van der Waals surface area (Å²) in [5.41, 5.74) is 8.68. The summed E-state index contributed by atoms with van der Waals surface area (Å²) in [7, 11) is 0. The minimum atomic E-state index is -0.415. The minimum absolute atomic E-state index is 0.229. The number of nitrogens with zero attached hydrogens (tertiary/aromatic N) is 1. The number of pyridine rings is 1. The Morgan fingerprint density at radius 3 is 2.32 bits per heavy atom. The number of carbonyl (C=O) groups excluding carboxylic acids is 1. The van der Waals surface area contributed by atoms with E-state index in [4.69, 9.17) is 5.73 Å². The lowest BCUT2D eigenvalue weighted by molar-refractivity contribution is 0.0942. The predicted octanol–water partition coefficient (Wildman–Crippen LogP) is 3.20. The third kappa shape index (κ3) is 3.89. The Morgan fingerprint density at radius 2 is 1.64 bits per heavy atom. The Morgan fingerprint density at radius 1 is 1.00 bits per heavy atom. The van der Waals surface area contributed by atoms with Gasteiger partial charge < -0.3 is 11.1 Å². The Hall–Kier alpha value is -3.05. The first kappa shape index (κ1) is 16.8. The molecular weight excluding hydrogens is 317 g/mol. The first-order valence-electron chi connectivity index (χ1n) is 7.93. The van der Waals surface area contributed by atoms with Gasteiger partial charge in [0, 0.05) is 24.5 Å². The fraction of sp³-hybridized carbons (Fsp3) is 0.100. The number of rotatable bonds is 5. The van der Waals surface area contributed by atoms with E-state index in [1.54, 1.807) is 36.7 Å². The fourth-order valence-electron chi connectivity index (χ4n) is 2.70. The molecule has 4 nitrogen and oxygen atoms in total. The van der Waals surface area contributed by atoms with Crippen molar-refractivity contribution < 1.29 is 9.18 Å². The normalized spacial score (nSPS) is 11.8. The molecule has 0 radical (unpaired) electrons. The molecule has 1 heterocycles. The van der Waals surface area contributed by atoms with Crippen LogP contribution in [0.2, 0.25) is 0 Å². The molecule has 25 heavy (non-hydrogen) atoms. The van der Waals surface area contributed by atoms with Gasteiger partial charge in [0.15, 0.2) is 0 Å². The Labute approximate surface area is 145 Å². The topological polar surface area (TPSA) is 68.0 Å². The summed E-state index contributed by atoms with van der Waals surface area (Å²) in [5, 5.41) is 3.02. The van der Waals surface area contributed by atoms with Gasteiger partial charge in [-0.2, -0.15) is 0 Å². The van der Waals surface area contributed by atoms with E-state index in [0.29, 0.717) is 5.56 Å². The predicted molar refractivity (Wildman–Crippen MR) is 94.3 cm³/mol. The monoisotopic (exact) mass is 335 g/mol. The van der Waals surface area contributed by atoms with Crippen molar-refractivity contribution in [2.24, 2.45) is 5.73 Å². The average molecular weight is 335 g/mol. The van der Waals surface area contributed by atoms with Gasteiger partial charge in [0.1, 0.15) is 5.82 Å². The van der Waals surface area contributed by atoms with Gasteiger partial charge in [-0.05, 0) is 47.0 Å². The molecule has 1 unspecified atom stereocenters. The molecule has 0 bridgehead atoms. The van der Waals surface area contributed by atoms with Crippen molar-refractivity contribution in [2.45, 2.75) is 12.6 Å². The molecule has 0 aliphatic rings. The zero-order chi connectivity index (χ0) is 17.6. The van der Waals surface area contributed by atoms with Crippen molar-refractivity contribution in [2.75, 3.05) is 0 Å². The minimum Gasteiger partial charge on any atom is -0.341 e. The average Bonchev–Trinajstić information content (AvgIpc) is 2.67. The maximum atomic E-state index is 13.3. The quantitative estimate of drug-likeness (QED) is 0.752. The molecule has 1 amide bonds. The van der Waals surface area contributed by atoms with Crippen molar-refractivity contribution in [3.63, 3.8) is 0 Å². The van der Waals surface area contributed by atoms with Gasteiger partial charge in [-0.3, -0.25) is 9.78 Å². The summed E-state index contributed by atoms with van der Waals surface area (Å²) in [6.07, 6.45) is 3.32. The number of amides is 1. The van der Waals surface area contributed by atoms with Crippen LogP contribution in [0.15, 0.2) is 73.1 Å². The third-order valence-corrected chi connectivity index (χ3v) is 4.00. The Balaban J connectivity index is 1.95. The Bertz CT molecular complexity index is 850. The summed E-state index contributed by atoms with van der Waals surface area (Å²) in [4.78, 5) is 16.8. The first-order valence-corrected chi connectivity index (χ1v) is 7.93. The molecule has 0 fully saturated rings. The largest absolute Gasteiger partial charge is 0.341 e. The van der Waals surface area contributed by atoms with Gasteiger partial charge >= 0.3 is 0 Å². The van der Waals surface area contributed by atoms with E-state index >= 15 is 0 Å². The van der Waals surface area contributed by atoms with Gasteiger partial charge in [-0.1, -0.05) is 30.3 Å². The van der Waals surface area contributed by atoms with Crippen molar-refractivity contribution in [1.82, 2.24) is 10.3 Å². The Kier molecular flexibility index (Phi) is 5.16. The van der Waals surface area contributed by atoms with Crippen LogP contribution in [0.5, 0.6) is 0 Å². The zero-order valence-electron chi connectivity index (χ0n) is 13.5. The lowest BCUT2D eigenvalue weighted by atomic mass is 9.98. The number of nitrogens with two attached hydrogens (primary N) is 1. The van der Waals surface area contributed by atoms with E-state index in [9.17, 15) is 9.18 Å². The van der Waals surface area contributed by atoms with E-state index < -0.39 is 6.04 Å². The van der Waals surface area contributed by atoms with Gasteiger partial charge in [0.05, 0.1) is 6.04 Å². The van der Waals surface area contributed by atoms with Crippen molar-refractivity contribution >= 4 is 5.91 Å². The maximum Gasteiger partial charge on any atom is 0.252 e. The molecule has 0 aliphatic carbocycles. The summed E-state index contributed by atoms with van der Waals surface area (Å²) < 4.78 is 13.3. The number of halogens is 1. The number of hydrogen-bond donors (Lipinski definition) is 2. The second kappa shape index (κ2) is 7.68. The molecule has 0 spiro atoms. The van der Waals surface area contributed by atoms with Crippen LogP contribution in [0.3, 0.4) is 0 Å². The lowest BCUT2D eigenvalue weighted by Crippen LogP contribution is -2.30. The van der Waals surface area contributed by atoms with Crippen LogP contribution in [0.1, 0.15) is 33.1 Å². The van der Waals surface area contributed by atoms with Crippen LogP contribution in [0, 0.1) is 5.82 Å². The molecule has 3 aromatic rings. The number of benzene rings is 2. The van der Waals surface area contributed by atoms with E-state index in [0.717, 1.165) is 16.7 Å². The van der Waals surface area contributed by atoms with Gasteiger partial charge in [-0.25, -0.2) is 4.39 Å². The second-order valence-electron chi connectivity index (χ2n) is 5.60. The second-order valence-corrected chi connectivity index (χ2v) is 5.60. The summed E-state index contributed by atoms with van der Waals surface area (Å²) in [6.45, 7) is 0.278. The van der Waals surface area contributed by atoms with Crippen molar-refractivity contribution in [1.29, 1.82) is 0 Å². The smallest absolute Gasteiger partial charge is 0.252 e. The molecule has 126 valence electrons. The van der Waals surface area contributed by atoms with Crippen LogP contribution < -0.4 is 11.1 Å². The number of carbonyl (C=O) groups is 1. The standard InChI is InChI=1S/C20H18FN3O/c21-17-7-5-14(6-8-17)19(15-9-11-23-12-10-15)24-20(25)18-4-2-1-3-16(18)13-22/h1-12,19H,13,22H2,(H,24,25). The van der Waals surface area contributed by atoms with Gasteiger partial charge in [0.25, 0.3) is 5.91 Å². The fourth-order valence-corrected chi connectivity index (χ4v) is 2.70. The van der Waals surface area contributed by atoms with E-state index in [1.165, 1.54) is 12.1 Å². The lowest BCUT2D eigenvalue weighted by Gasteiger charge is -2.20. The van der Waals surface area contributed by atoms with Crippen LogP contribution in [-0.2, 0) is 6.54 Å². The van der Waals surface area contributed by atoms with Crippen LogP contribution >= 0.6 is 0 Å². The molecule has 1 aromatic heterocycles. The molecule has 0 aliphatic heterocycles. The van der Waals surface area contributed by atoms with E-state index in [1.807, 2.05) is 24.3 Å². The summed E-state index contributed by atoms with van der Waals surface area (Å²) >= 11 is 0. The molecule has 5 heteroatoms. The molecule has 3 N–H and O–H groups in total. The summed E-state index contributed by atoms with van der Waals surface area (Å²) in [6, 6.07) is 16.5. The highest BCUT2D eigenvalue weighted by Crippen LogP contribution is 2.23. The van der Waals surface area contributed by atoms with Crippen LogP contribution in [0.4, 0.5) is 4.39 Å². The molecule has 0 saturated heterocycles. The first-order chi connectivity index (χ1) is 12.2. The highest BCUT2D eigenvalue weighted by atomic mass is 19.1. The van der Waals surface area contributed by atoms with Crippen LogP contribution in [0.25, 0.3) is 0 Å². The van der Waals surface area contributed by atoms with Crippen molar-refractivity contribution in [3.8, 4) is 0 Å². The van der Waals surface area contributed by atoms with Gasteiger partial charge in [-0.15, -0.1) is 0 Å². The molecule has 3 rings (SSSR count). The van der Waals surface area contributed by atoms with E-state index in [2.05, 4.69) is 10.3 Å². The highest BCUT2D eigenvalue weighted by molar-refractivity contribution is 5.96. The maximum absolute atomic E-state index is 13.3. The molecule has 1 atom stereocenters. The molecule has 2 aromatic carbocycles. The van der Waals surface area contributed by atoms with Crippen molar-refractivity contribution in [3.05, 3.63) is 101 Å². The van der Waals surface area contributed by atoms with Gasteiger partial charge in [0.2, 0.25) is 0 Å². The number of nitrogens with one attached hydrogen (secondary N) is 1.